The molecule has 0 aromatic carbocycles. The smallest absolute Gasteiger partial charge is 0.307 e. The van der Waals surface area contributed by atoms with Crippen molar-refractivity contribution >= 4 is 11.9 Å². The van der Waals surface area contributed by atoms with Gasteiger partial charge in [-0.25, -0.2) is 0 Å². The maximum atomic E-state index is 10.8. The van der Waals surface area contributed by atoms with Crippen molar-refractivity contribution in [1.29, 1.82) is 0 Å². The van der Waals surface area contributed by atoms with Gasteiger partial charge in [0, 0.05) is 0 Å². The number of hydrogen-bond acceptors (Lipinski definition) is 3. The molecule has 0 fully saturated rings. The number of carboxylic acid groups (broad SMARTS) is 1. The van der Waals surface area contributed by atoms with Crippen LogP contribution in [-0.2, 0) is 14.3 Å². The van der Waals surface area contributed by atoms with Gasteiger partial charge < -0.3 is 9.84 Å². The van der Waals surface area contributed by atoms with Crippen LogP contribution in [0.15, 0.2) is 0 Å². The minimum Gasteiger partial charge on any atom is -0.481 e. The Kier molecular flexibility index (Phi) is 5.11. The molecule has 0 aromatic heterocycles. The fourth-order valence-electron chi connectivity index (χ4n) is 1.13. The molecule has 0 radical (unpaired) electrons. The van der Waals surface area contributed by atoms with Gasteiger partial charge in [0.05, 0.1) is 19.4 Å². The van der Waals surface area contributed by atoms with Crippen molar-refractivity contribution in [3.05, 3.63) is 0 Å². The normalized spacial score (nSPS) is 12.6. The first-order valence-corrected chi connectivity index (χ1v) is 4.27. The average Bonchev–Trinajstić information content (AvgIpc) is 2.02. The van der Waals surface area contributed by atoms with Gasteiger partial charge in [-0.1, -0.05) is 13.8 Å². The lowest BCUT2D eigenvalue weighted by Gasteiger charge is -2.12. The lowest BCUT2D eigenvalue weighted by atomic mass is 9.94. The number of carbonyl (C=O) groups is 2. The Morgan fingerprint density at radius 3 is 2.23 bits per heavy atom. The molecule has 0 unspecified atom stereocenters. The van der Waals surface area contributed by atoms with Crippen LogP contribution >= 0.6 is 0 Å². The fourth-order valence-corrected chi connectivity index (χ4v) is 1.13. The molecule has 76 valence electrons. The summed E-state index contributed by atoms with van der Waals surface area (Å²) in [5.41, 5.74) is 0. The molecule has 4 nitrogen and oxygen atoms in total. The van der Waals surface area contributed by atoms with E-state index in [-0.39, 0.29) is 12.3 Å². The number of methoxy groups -OCH3 is 1. The van der Waals surface area contributed by atoms with Crippen LogP contribution in [0.1, 0.15) is 26.7 Å². The maximum Gasteiger partial charge on any atom is 0.307 e. The van der Waals surface area contributed by atoms with Gasteiger partial charge in [0.1, 0.15) is 0 Å². The number of aliphatic carboxylic acids is 1. The van der Waals surface area contributed by atoms with E-state index in [1.165, 1.54) is 7.11 Å². The molecular formula is C9H16O4. The van der Waals surface area contributed by atoms with Gasteiger partial charge in [-0.3, -0.25) is 9.59 Å². The molecule has 0 saturated heterocycles. The van der Waals surface area contributed by atoms with Gasteiger partial charge in [0.25, 0.3) is 0 Å². The van der Waals surface area contributed by atoms with Gasteiger partial charge in [-0.15, -0.1) is 0 Å². The number of carbonyl (C=O) groups excluding carboxylic acids is 1. The van der Waals surface area contributed by atoms with E-state index in [4.69, 9.17) is 5.11 Å². The molecule has 4 heteroatoms. The van der Waals surface area contributed by atoms with E-state index in [1.54, 1.807) is 0 Å². The highest BCUT2D eigenvalue weighted by atomic mass is 16.5. The summed E-state index contributed by atoms with van der Waals surface area (Å²) in [6, 6.07) is 0. The fraction of sp³-hybridized carbons (Fsp3) is 0.778. The Labute approximate surface area is 77.9 Å². The zero-order chi connectivity index (χ0) is 10.4. The molecule has 1 atom stereocenters. The quantitative estimate of drug-likeness (QED) is 0.660. The molecule has 0 rings (SSSR count). The summed E-state index contributed by atoms with van der Waals surface area (Å²) < 4.78 is 4.41. The predicted molar refractivity (Wildman–Crippen MR) is 47.2 cm³/mol. The Morgan fingerprint density at radius 2 is 1.92 bits per heavy atom. The van der Waals surface area contributed by atoms with E-state index < -0.39 is 17.9 Å². The van der Waals surface area contributed by atoms with E-state index in [1.807, 2.05) is 13.8 Å². The SMILES string of the molecule is COC(=O)C[C@H](CC(C)C)C(=O)O. The van der Waals surface area contributed by atoms with Crippen molar-refractivity contribution in [2.75, 3.05) is 7.11 Å². The van der Waals surface area contributed by atoms with Crippen LogP contribution in [0.5, 0.6) is 0 Å². The van der Waals surface area contributed by atoms with Crippen LogP contribution in [-0.4, -0.2) is 24.2 Å². The molecule has 1 N–H and O–H groups in total. The van der Waals surface area contributed by atoms with Gasteiger partial charge >= 0.3 is 11.9 Å². The molecule has 0 amide bonds. The second kappa shape index (κ2) is 5.56. The summed E-state index contributed by atoms with van der Waals surface area (Å²) >= 11 is 0. The predicted octanol–water partition coefficient (Wildman–Crippen LogP) is 1.30. The molecule has 0 heterocycles. The summed E-state index contributed by atoms with van der Waals surface area (Å²) in [6.45, 7) is 3.85. The molecule has 0 spiro atoms. The van der Waals surface area contributed by atoms with Gasteiger partial charge in [-0.2, -0.15) is 0 Å². The molecule has 0 aliphatic carbocycles. The van der Waals surface area contributed by atoms with Gasteiger partial charge in [-0.05, 0) is 12.3 Å². The van der Waals surface area contributed by atoms with Crippen molar-refractivity contribution in [3.8, 4) is 0 Å². The number of carboxylic acids is 1. The van der Waals surface area contributed by atoms with Crippen molar-refractivity contribution in [2.24, 2.45) is 11.8 Å². The second-order valence-electron chi connectivity index (χ2n) is 3.44. The molecular weight excluding hydrogens is 172 g/mol. The third kappa shape index (κ3) is 5.22. The average molecular weight is 188 g/mol. The first-order valence-electron chi connectivity index (χ1n) is 4.27. The standard InChI is InChI=1S/C9H16O4/c1-6(2)4-7(9(11)12)5-8(10)13-3/h6-7H,4-5H2,1-3H3,(H,11,12)/t7-/m0/s1. The molecule has 0 saturated carbocycles. The first-order chi connectivity index (χ1) is 5.97. The minimum absolute atomic E-state index is 0.0377. The minimum atomic E-state index is -0.931. The maximum absolute atomic E-state index is 10.8. The second-order valence-corrected chi connectivity index (χ2v) is 3.44. The summed E-state index contributed by atoms with van der Waals surface area (Å²) in [5, 5.41) is 8.76. The highest BCUT2D eigenvalue weighted by molar-refractivity contribution is 5.78. The third-order valence-electron chi connectivity index (χ3n) is 1.75. The molecule has 13 heavy (non-hydrogen) atoms. The van der Waals surface area contributed by atoms with Crippen molar-refractivity contribution in [2.45, 2.75) is 26.7 Å². The third-order valence-corrected chi connectivity index (χ3v) is 1.75. The first kappa shape index (κ1) is 11.9. The number of rotatable bonds is 5. The highest BCUT2D eigenvalue weighted by Gasteiger charge is 2.22. The number of ether oxygens (including phenoxy) is 1. The van der Waals surface area contributed by atoms with Crippen LogP contribution in [0.25, 0.3) is 0 Å². The Morgan fingerprint density at radius 1 is 1.38 bits per heavy atom. The number of esters is 1. The summed E-state index contributed by atoms with van der Waals surface area (Å²) in [6.07, 6.45) is 0.467. The van der Waals surface area contributed by atoms with Gasteiger partial charge in [0.2, 0.25) is 0 Å². The topological polar surface area (TPSA) is 63.6 Å². The Balaban J connectivity index is 4.10. The van der Waals surface area contributed by atoms with Crippen LogP contribution < -0.4 is 0 Å². The van der Waals surface area contributed by atoms with Crippen LogP contribution in [0.2, 0.25) is 0 Å². The monoisotopic (exact) mass is 188 g/mol. The molecule has 0 aromatic rings. The lowest BCUT2D eigenvalue weighted by Crippen LogP contribution is -2.20. The van der Waals surface area contributed by atoms with E-state index >= 15 is 0 Å². The lowest BCUT2D eigenvalue weighted by molar-refractivity contribution is -0.150. The Hall–Kier alpha value is -1.06. The zero-order valence-electron chi connectivity index (χ0n) is 8.24. The number of hydrogen-bond donors (Lipinski definition) is 1. The van der Waals surface area contributed by atoms with Crippen LogP contribution in [0.3, 0.4) is 0 Å². The van der Waals surface area contributed by atoms with E-state index in [9.17, 15) is 9.59 Å². The van der Waals surface area contributed by atoms with Gasteiger partial charge in [0.15, 0.2) is 0 Å². The molecule has 0 aliphatic heterocycles. The van der Waals surface area contributed by atoms with Crippen LogP contribution in [0.4, 0.5) is 0 Å². The van der Waals surface area contributed by atoms with Crippen molar-refractivity contribution in [3.63, 3.8) is 0 Å². The van der Waals surface area contributed by atoms with Crippen molar-refractivity contribution in [1.82, 2.24) is 0 Å². The summed E-state index contributed by atoms with van der Waals surface area (Å²) in [7, 11) is 1.26. The van der Waals surface area contributed by atoms with E-state index in [0.717, 1.165) is 0 Å². The van der Waals surface area contributed by atoms with E-state index in [2.05, 4.69) is 4.74 Å². The van der Waals surface area contributed by atoms with Crippen molar-refractivity contribution < 1.29 is 19.4 Å². The summed E-state index contributed by atoms with van der Waals surface area (Å²) in [4.78, 5) is 21.5. The Bertz CT molecular complexity index is 186. The van der Waals surface area contributed by atoms with Crippen LogP contribution in [0, 0.1) is 11.8 Å². The van der Waals surface area contributed by atoms with E-state index in [0.29, 0.717) is 6.42 Å². The summed E-state index contributed by atoms with van der Waals surface area (Å²) in [5.74, 6) is -1.75. The molecule has 0 aliphatic rings. The molecule has 0 bridgehead atoms. The zero-order valence-corrected chi connectivity index (χ0v) is 8.24. The highest BCUT2D eigenvalue weighted by Crippen LogP contribution is 2.16. The largest absolute Gasteiger partial charge is 0.481 e.